The van der Waals surface area contributed by atoms with Gasteiger partial charge >= 0.3 is 0 Å². The maximum Gasteiger partial charge on any atom is 0.238 e. The van der Waals surface area contributed by atoms with Gasteiger partial charge in [0.25, 0.3) is 0 Å². The van der Waals surface area contributed by atoms with Crippen molar-refractivity contribution < 1.29 is 4.79 Å². The van der Waals surface area contributed by atoms with Gasteiger partial charge in [0.2, 0.25) is 5.91 Å². The second-order valence-corrected chi connectivity index (χ2v) is 6.31. The molecule has 4 heteroatoms. The second kappa shape index (κ2) is 7.57. The summed E-state index contributed by atoms with van der Waals surface area (Å²) in [5.74, 6) is 1.63. The Morgan fingerprint density at radius 1 is 1.29 bits per heavy atom. The zero-order valence-electron chi connectivity index (χ0n) is 13.1. The molecule has 0 unspecified atom stereocenters. The highest BCUT2D eigenvalue weighted by Crippen LogP contribution is 2.24. The van der Waals surface area contributed by atoms with E-state index < -0.39 is 0 Å². The SMILES string of the molecule is CC(C)C1CCN(CC(=O)Nc2ccc(CN)cc2)CC1. The van der Waals surface area contributed by atoms with Gasteiger partial charge in [-0.05, 0) is 55.5 Å². The Hall–Kier alpha value is -1.39. The van der Waals surface area contributed by atoms with E-state index in [-0.39, 0.29) is 5.91 Å². The highest BCUT2D eigenvalue weighted by molar-refractivity contribution is 5.92. The lowest BCUT2D eigenvalue weighted by atomic mass is 9.87. The third-order valence-electron chi connectivity index (χ3n) is 4.42. The van der Waals surface area contributed by atoms with E-state index in [1.54, 1.807) is 0 Å². The zero-order valence-corrected chi connectivity index (χ0v) is 13.1. The van der Waals surface area contributed by atoms with Gasteiger partial charge in [-0.2, -0.15) is 0 Å². The Bertz CT molecular complexity index is 448. The average Bonchev–Trinajstić information content (AvgIpc) is 2.48. The molecule has 21 heavy (non-hydrogen) atoms. The van der Waals surface area contributed by atoms with Crippen molar-refractivity contribution in [2.75, 3.05) is 25.0 Å². The summed E-state index contributed by atoms with van der Waals surface area (Å²) < 4.78 is 0. The predicted octanol–water partition coefficient (Wildman–Crippen LogP) is 2.45. The normalized spacial score (nSPS) is 17.1. The summed E-state index contributed by atoms with van der Waals surface area (Å²) in [6, 6.07) is 7.71. The van der Waals surface area contributed by atoms with Crippen molar-refractivity contribution in [1.29, 1.82) is 0 Å². The van der Waals surface area contributed by atoms with Crippen LogP contribution in [0.5, 0.6) is 0 Å². The van der Waals surface area contributed by atoms with Gasteiger partial charge in [-0.15, -0.1) is 0 Å². The number of piperidine rings is 1. The number of anilines is 1. The number of nitrogens with two attached hydrogens (primary N) is 1. The van der Waals surface area contributed by atoms with Crippen LogP contribution >= 0.6 is 0 Å². The minimum Gasteiger partial charge on any atom is -0.326 e. The van der Waals surface area contributed by atoms with Gasteiger partial charge in [-0.3, -0.25) is 9.69 Å². The molecule has 116 valence electrons. The van der Waals surface area contributed by atoms with E-state index in [2.05, 4.69) is 24.1 Å². The molecule has 1 aliphatic heterocycles. The van der Waals surface area contributed by atoms with Gasteiger partial charge in [0.05, 0.1) is 6.54 Å². The fourth-order valence-electron chi connectivity index (χ4n) is 2.91. The largest absolute Gasteiger partial charge is 0.326 e. The van der Waals surface area contributed by atoms with Gasteiger partial charge < -0.3 is 11.1 Å². The minimum atomic E-state index is 0.0681. The molecule has 0 radical (unpaired) electrons. The third kappa shape index (κ3) is 4.83. The lowest BCUT2D eigenvalue weighted by Gasteiger charge is -2.33. The van der Waals surface area contributed by atoms with Crippen molar-refractivity contribution in [3.63, 3.8) is 0 Å². The molecule has 1 aromatic rings. The zero-order chi connectivity index (χ0) is 15.2. The molecule has 3 N–H and O–H groups in total. The molecule has 0 aromatic heterocycles. The summed E-state index contributed by atoms with van der Waals surface area (Å²) in [6.07, 6.45) is 2.41. The Morgan fingerprint density at radius 3 is 2.43 bits per heavy atom. The molecule has 0 spiro atoms. The molecule has 0 saturated carbocycles. The molecule has 0 atom stereocenters. The first-order valence-electron chi connectivity index (χ1n) is 7.89. The van der Waals surface area contributed by atoms with E-state index in [4.69, 9.17) is 5.73 Å². The van der Waals surface area contributed by atoms with Crippen LogP contribution in [0, 0.1) is 11.8 Å². The Morgan fingerprint density at radius 2 is 1.90 bits per heavy atom. The summed E-state index contributed by atoms with van der Waals surface area (Å²) in [5, 5.41) is 2.95. The van der Waals surface area contributed by atoms with Crippen LogP contribution in [0.4, 0.5) is 5.69 Å². The maximum absolute atomic E-state index is 12.1. The molecule has 0 aliphatic carbocycles. The van der Waals surface area contributed by atoms with Crippen molar-refractivity contribution in [3.05, 3.63) is 29.8 Å². The van der Waals surface area contributed by atoms with E-state index in [0.717, 1.165) is 36.2 Å². The Balaban J connectivity index is 1.77. The summed E-state index contributed by atoms with van der Waals surface area (Å²) in [5.41, 5.74) is 7.48. The fourth-order valence-corrected chi connectivity index (χ4v) is 2.91. The van der Waals surface area contributed by atoms with Crippen LogP contribution in [0.1, 0.15) is 32.3 Å². The van der Waals surface area contributed by atoms with E-state index in [1.165, 1.54) is 12.8 Å². The quantitative estimate of drug-likeness (QED) is 0.875. The third-order valence-corrected chi connectivity index (χ3v) is 4.42. The Kier molecular flexibility index (Phi) is 5.76. The summed E-state index contributed by atoms with van der Waals surface area (Å²) in [6.45, 7) is 7.66. The number of likely N-dealkylation sites (tertiary alicyclic amines) is 1. The standard InChI is InChI=1S/C17H27N3O/c1-13(2)15-7-9-20(10-8-15)12-17(21)19-16-5-3-14(11-18)4-6-16/h3-6,13,15H,7-12,18H2,1-2H3,(H,19,21). The highest BCUT2D eigenvalue weighted by atomic mass is 16.2. The number of benzene rings is 1. The van der Waals surface area contributed by atoms with Gasteiger partial charge in [0, 0.05) is 12.2 Å². The lowest BCUT2D eigenvalue weighted by Crippen LogP contribution is -2.40. The van der Waals surface area contributed by atoms with Gasteiger partial charge in [0.1, 0.15) is 0 Å². The molecule has 1 amide bonds. The van der Waals surface area contributed by atoms with Crippen molar-refractivity contribution in [3.8, 4) is 0 Å². The molecular weight excluding hydrogens is 262 g/mol. The smallest absolute Gasteiger partial charge is 0.238 e. The average molecular weight is 289 g/mol. The van der Waals surface area contributed by atoms with E-state index in [0.29, 0.717) is 13.1 Å². The van der Waals surface area contributed by atoms with Crippen LogP contribution in [0.25, 0.3) is 0 Å². The van der Waals surface area contributed by atoms with Crippen LogP contribution < -0.4 is 11.1 Å². The van der Waals surface area contributed by atoms with Crippen LogP contribution in [-0.2, 0) is 11.3 Å². The number of rotatable bonds is 5. The number of carbonyl (C=O) groups is 1. The van der Waals surface area contributed by atoms with Crippen LogP contribution in [0.3, 0.4) is 0 Å². The van der Waals surface area contributed by atoms with Crippen molar-refractivity contribution >= 4 is 11.6 Å². The number of nitrogens with zero attached hydrogens (tertiary/aromatic N) is 1. The monoisotopic (exact) mass is 289 g/mol. The van der Waals surface area contributed by atoms with E-state index >= 15 is 0 Å². The molecule has 1 aromatic carbocycles. The number of nitrogens with one attached hydrogen (secondary N) is 1. The summed E-state index contributed by atoms with van der Waals surface area (Å²) in [4.78, 5) is 14.3. The molecule has 1 saturated heterocycles. The van der Waals surface area contributed by atoms with E-state index in [1.807, 2.05) is 24.3 Å². The second-order valence-electron chi connectivity index (χ2n) is 6.31. The van der Waals surface area contributed by atoms with Crippen LogP contribution in [0.2, 0.25) is 0 Å². The number of amides is 1. The lowest BCUT2D eigenvalue weighted by molar-refractivity contribution is -0.117. The fraction of sp³-hybridized carbons (Fsp3) is 0.588. The molecular formula is C17H27N3O. The molecule has 0 bridgehead atoms. The number of hydrogen-bond acceptors (Lipinski definition) is 3. The molecule has 2 rings (SSSR count). The first-order chi connectivity index (χ1) is 10.1. The number of carbonyl (C=O) groups excluding carboxylic acids is 1. The molecule has 1 fully saturated rings. The minimum absolute atomic E-state index is 0.0681. The van der Waals surface area contributed by atoms with Crippen molar-refractivity contribution in [2.24, 2.45) is 17.6 Å². The number of hydrogen-bond donors (Lipinski definition) is 2. The van der Waals surface area contributed by atoms with Gasteiger partial charge in [0.15, 0.2) is 0 Å². The van der Waals surface area contributed by atoms with Gasteiger partial charge in [-0.25, -0.2) is 0 Å². The first kappa shape index (κ1) is 16.0. The predicted molar refractivity (Wildman–Crippen MR) is 87.0 cm³/mol. The summed E-state index contributed by atoms with van der Waals surface area (Å²) in [7, 11) is 0. The maximum atomic E-state index is 12.1. The molecule has 1 aliphatic rings. The molecule has 1 heterocycles. The van der Waals surface area contributed by atoms with Crippen molar-refractivity contribution in [1.82, 2.24) is 4.90 Å². The topological polar surface area (TPSA) is 58.4 Å². The van der Waals surface area contributed by atoms with Gasteiger partial charge in [-0.1, -0.05) is 26.0 Å². The van der Waals surface area contributed by atoms with Crippen molar-refractivity contribution in [2.45, 2.75) is 33.2 Å². The Labute approximate surface area is 127 Å². The summed E-state index contributed by atoms with van der Waals surface area (Å²) >= 11 is 0. The first-order valence-corrected chi connectivity index (χ1v) is 7.89. The molecule has 4 nitrogen and oxygen atoms in total. The van der Waals surface area contributed by atoms with Crippen LogP contribution in [0.15, 0.2) is 24.3 Å². The van der Waals surface area contributed by atoms with E-state index in [9.17, 15) is 4.79 Å². The highest BCUT2D eigenvalue weighted by Gasteiger charge is 2.22. The van der Waals surface area contributed by atoms with Crippen LogP contribution in [-0.4, -0.2) is 30.4 Å².